The first-order valence-corrected chi connectivity index (χ1v) is 5.14. The maximum absolute atomic E-state index is 10.7. The summed E-state index contributed by atoms with van der Waals surface area (Å²) in [5.41, 5.74) is 2.05. The SMILES string of the molecule is C/C(=C/c1c[nH]c2cc(Cl)ccc12)C(=O)O. The van der Waals surface area contributed by atoms with Crippen molar-refractivity contribution in [2.24, 2.45) is 0 Å². The minimum absolute atomic E-state index is 0.302. The van der Waals surface area contributed by atoms with E-state index in [2.05, 4.69) is 4.98 Å². The van der Waals surface area contributed by atoms with Crippen molar-refractivity contribution in [1.82, 2.24) is 4.98 Å². The van der Waals surface area contributed by atoms with Gasteiger partial charge in [0.1, 0.15) is 0 Å². The standard InChI is InChI=1S/C12H10ClNO2/c1-7(12(15)16)4-8-6-14-11-5-9(13)2-3-10(8)11/h2-6,14H,1H3,(H,15,16)/b7-4-. The normalized spacial score (nSPS) is 12.0. The van der Waals surface area contributed by atoms with Crippen molar-refractivity contribution < 1.29 is 9.90 Å². The third kappa shape index (κ3) is 1.95. The Balaban J connectivity index is 2.55. The second-order valence-corrected chi connectivity index (χ2v) is 4.00. The Bertz CT molecular complexity index is 584. The molecular formula is C12H10ClNO2. The van der Waals surface area contributed by atoms with Gasteiger partial charge in [0.15, 0.2) is 0 Å². The van der Waals surface area contributed by atoms with Crippen molar-refractivity contribution >= 4 is 34.5 Å². The monoisotopic (exact) mass is 235 g/mol. The van der Waals surface area contributed by atoms with Crippen LogP contribution in [0, 0.1) is 0 Å². The molecule has 4 heteroatoms. The molecule has 0 radical (unpaired) electrons. The molecule has 82 valence electrons. The average Bonchev–Trinajstić information content (AvgIpc) is 2.60. The van der Waals surface area contributed by atoms with E-state index in [-0.39, 0.29) is 0 Å². The second kappa shape index (κ2) is 4.02. The Labute approximate surface area is 97.4 Å². The number of aromatic nitrogens is 1. The Morgan fingerprint density at radius 3 is 2.94 bits per heavy atom. The number of hydrogen-bond acceptors (Lipinski definition) is 1. The van der Waals surface area contributed by atoms with Crippen LogP contribution < -0.4 is 0 Å². The molecule has 0 saturated carbocycles. The maximum atomic E-state index is 10.7. The van der Waals surface area contributed by atoms with E-state index in [4.69, 9.17) is 16.7 Å². The van der Waals surface area contributed by atoms with Crippen molar-refractivity contribution in [2.75, 3.05) is 0 Å². The summed E-state index contributed by atoms with van der Waals surface area (Å²) in [6.07, 6.45) is 3.41. The van der Waals surface area contributed by atoms with Crippen LogP contribution >= 0.6 is 11.6 Å². The predicted molar refractivity (Wildman–Crippen MR) is 64.6 cm³/mol. The van der Waals surface area contributed by atoms with E-state index in [1.54, 1.807) is 25.3 Å². The van der Waals surface area contributed by atoms with Crippen LogP contribution in [0.4, 0.5) is 0 Å². The van der Waals surface area contributed by atoms with Crippen molar-refractivity contribution in [3.63, 3.8) is 0 Å². The maximum Gasteiger partial charge on any atom is 0.331 e. The Morgan fingerprint density at radius 1 is 1.50 bits per heavy atom. The number of carbonyl (C=O) groups is 1. The number of carboxylic acid groups (broad SMARTS) is 1. The number of halogens is 1. The van der Waals surface area contributed by atoms with Crippen LogP contribution in [-0.4, -0.2) is 16.1 Å². The van der Waals surface area contributed by atoms with Crippen LogP contribution in [0.1, 0.15) is 12.5 Å². The average molecular weight is 236 g/mol. The molecule has 2 rings (SSSR count). The molecule has 1 heterocycles. The number of fused-ring (bicyclic) bond motifs is 1. The first-order valence-electron chi connectivity index (χ1n) is 4.76. The van der Waals surface area contributed by atoms with Crippen LogP contribution in [0.5, 0.6) is 0 Å². The van der Waals surface area contributed by atoms with Crippen molar-refractivity contribution in [2.45, 2.75) is 6.92 Å². The quantitative estimate of drug-likeness (QED) is 0.785. The van der Waals surface area contributed by atoms with E-state index in [0.717, 1.165) is 16.5 Å². The van der Waals surface area contributed by atoms with Gasteiger partial charge in [-0.1, -0.05) is 17.7 Å². The molecule has 0 saturated heterocycles. The smallest absolute Gasteiger partial charge is 0.331 e. The number of carboxylic acids is 1. The number of H-pyrrole nitrogens is 1. The number of hydrogen-bond donors (Lipinski definition) is 2. The topological polar surface area (TPSA) is 53.1 Å². The summed E-state index contributed by atoms with van der Waals surface area (Å²) in [7, 11) is 0. The summed E-state index contributed by atoms with van der Waals surface area (Å²) in [6.45, 7) is 1.57. The molecule has 0 atom stereocenters. The van der Waals surface area contributed by atoms with Gasteiger partial charge in [0, 0.05) is 33.3 Å². The Kier molecular flexibility index (Phi) is 2.71. The van der Waals surface area contributed by atoms with Crippen LogP contribution in [0.15, 0.2) is 30.0 Å². The molecule has 2 aromatic rings. The van der Waals surface area contributed by atoms with Gasteiger partial charge in [-0.15, -0.1) is 0 Å². The molecule has 0 spiro atoms. The van der Waals surface area contributed by atoms with E-state index < -0.39 is 5.97 Å². The molecule has 16 heavy (non-hydrogen) atoms. The van der Waals surface area contributed by atoms with Gasteiger partial charge in [-0.25, -0.2) is 4.79 Å². The third-order valence-electron chi connectivity index (χ3n) is 2.39. The molecule has 0 aliphatic carbocycles. The summed E-state index contributed by atoms with van der Waals surface area (Å²) in [5, 5.41) is 10.4. The minimum atomic E-state index is -0.914. The second-order valence-electron chi connectivity index (χ2n) is 3.57. The minimum Gasteiger partial charge on any atom is -0.478 e. The molecule has 0 aliphatic rings. The van der Waals surface area contributed by atoms with Gasteiger partial charge in [-0.2, -0.15) is 0 Å². The number of aliphatic carboxylic acids is 1. The molecule has 0 amide bonds. The molecule has 0 fully saturated rings. The fourth-order valence-electron chi connectivity index (χ4n) is 1.54. The van der Waals surface area contributed by atoms with Gasteiger partial charge in [-0.05, 0) is 25.1 Å². The lowest BCUT2D eigenvalue weighted by molar-refractivity contribution is -0.132. The molecular weight excluding hydrogens is 226 g/mol. The molecule has 1 aromatic heterocycles. The van der Waals surface area contributed by atoms with E-state index in [1.165, 1.54) is 0 Å². The van der Waals surface area contributed by atoms with Gasteiger partial charge in [-0.3, -0.25) is 0 Å². The first kappa shape index (κ1) is 10.8. The van der Waals surface area contributed by atoms with Gasteiger partial charge in [0.2, 0.25) is 0 Å². The summed E-state index contributed by atoms with van der Waals surface area (Å²) < 4.78 is 0. The lowest BCUT2D eigenvalue weighted by atomic mass is 10.1. The van der Waals surface area contributed by atoms with Crippen LogP contribution in [0.3, 0.4) is 0 Å². The molecule has 1 aromatic carbocycles. The summed E-state index contributed by atoms with van der Waals surface area (Å²) >= 11 is 5.85. The number of nitrogens with one attached hydrogen (secondary N) is 1. The zero-order chi connectivity index (χ0) is 11.7. The summed E-state index contributed by atoms with van der Waals surface area (Å²) in [6, 6.07) is 5.46. The predicted octanol–water partition coefficient (Wildman–Crippen LogP) is 3.31. The summed E-state index contributed by atoms with van der Waals surface area (Å²) in [5.74, 6) is -0.914. The van der Waals surface area contributed by atoms with E-state index in [0.29, 0.717) is 10.6 Å². The lowest BCUT2D eigenvalue weighted by Crippen LogP contribution is -1.94. The molecule has 2 N–H and O–H groups in total. The highest BCUT2D eigenvalue weighted by Crippen LogP contribution is 2.23. The van der Waals surface area contributed by atoms with Gasteiger partial charge in [0.05, 0.1) is 0 Å². The number of benzene rings is 1. The van der Waals surface area contributed by atoms with Crippen LogP contribution in [0.2, 0.25) is 5.02 Å². The highest BCUT2D eigenvalue weighted by atomic mass is 35.5. The zero-order valence-electron chi connectivity index (χ0n) is 8.62. The third-order valence-corrected chi connectivity index (χ3v) is 2.62. The molecule has 0 bridgehead atoms. The van der Waals surface area contributed by atoms with Gasteiger partial charge in [0.25, 0.3) is 0 Å². The van der Waals surface area contributed by atoms with Crippen LogP contribution in [-0.2, 0) is 4.79 Å². The fourth-order valence-corrected chi connectivity index (χ4v) is 1.71. The molecule has 3 nitrogen and oxygen atoms in total. The largest absolute Gasteiger partial charge is 0.478 e. The van der Waals surface area contributed by atoms with Crippen LogP contribution in [0.25, 0.3) is 17.0 Å². The molecule has 0 aliphatic heterocycles. The molecule has 0 unspecified atom stereocenters. The fraction of sp³-hybridized carbons (Fsp3) is 0.0833. The Morgan fingerprint density at radius 2 is 2.25 bits per heavy atom. The highest BCUT2D eigenvalue weighted by molar-refractivity contribution is 6.31. The number of rotatable bonds is 2. The summed E-state index contributed by atoms with van der Waals surface area (Å²) in [4.78, 5) is 13.8. The van der Waals surface area contributed by atoms with E-state index >= 15 is 0 Å². The first-order chi connectivity index (χ1) is 7.58. The zero-order valence-corrected chi connectivity index (χ0v) is 9.38. The Hall–Kier alpha value is -1.74. The lowest BCUT2D eigenvalue weighted by Gasteiger charge is -1.95. The highest BCUT2D eigenvalue weighted by Gasteiger charge is 2.05. The number of aromatic amines is 1. The van der Waals surface area contributed by atoms with E-state index in [1.807, 2.05) is 12.1 Å². The van der Waals surface area contributed by atoms with Gasteiger partial charge < -0.3 is 10.1 Å². The van der Waals surface area contributed by atoms with E-state index in [9.17, 15) is 4.79 Å². The van der Waals surface area contributed by atoms with Crippen molar-refractivity contribution in [3.8, 4) is 0 Å². The van der Waals surface area contributed by atoms with Gasteiger partial charge >= 0.3 is 5.97 Å². The van der Waals surface area contributed by atoms with Crippen molar-refractivity contribution in [1.29, 1.82) is 0 Å². The van der Waals surface area contributed by atoms with Crippen molar-refractivity contribution in [3.05, 3.63) is 40.6 Å².